The van der Waals surface area contributed by atoms with Crippen molar-refractivity contribution in [1.29, 1.82) is 0 Å². The van der Waals surface area contributed by atoms with E-state index in [0.29, 0.717) is 16.5 Å². The van der Waals surface area contributed by atoms with Gasteiger partial charge in [-0.3, -0.25) is 0 Å². The van der Waals surface area contributed by atoms with Crippen molar-refractivity contribution in [1.82, 2.24) is 9.97 Å². The molecule has 0 radical (unpaired) electrons. The van der Waals surface area contributed by atoms with E-state index in [1.807, 2.05) is 25.1 Å². The summed E-state index contributed by atoms with van der Waals surface area (Å²) in [6, 6.07) is 5.51. The third-order valence-electron chi connectivity index (χ3n) is 3.37. The standard InChI is InChI=1S/C16H19Cl2N3/c1-4-14-10(3)16(19-5-2)21-15(20-14)9-11-12(17)7-6-8-13(11)18/h6-8H,4-5,9H2,1-3H3,(H,19,20,21). The predicted molar refractivity (Wildman–Crippen MR) is 89.6 cm³/mol. The van der Waals surface area contributed by atoms with Crippen LogP contribution in [-0.2, 0) is 12.8 Å². The van der Waals surface area contributed by atoms with Crippen LogP contribution in [0.25, 0.3) is 0 Å². The Bertz CT molecular complexity index is 621. The summed E-state index contributed by atoms with van der Waals surface area (Å²) in [5.74, 6) is 1.63. The second kappa shape index (κ2) is 7.10. The van der Waals surface area contributed by atoms with E-state index in [-0.39, 0.29) is 0 Å². The minimum absolute atomic E-state index is 0.532. The zero-order chi connectivity index (χ0) is 15.4. The molecule has 21 heavy (non-hydrogen) atoms. The number of halogens is 2. The second-order valence-corrected chi connectivity index (χ2v) is 5.64. The number of hydrogen-bond donors (Lipinski definition) is 1. The van der Waals surface area contributed by atoms with Crippen molar-refractivity contribution in [2.75, 3.05) is 11.9 Å². The number of nitrogens with one attached hydrogen (secondary N) is 1. The molecule has 0 aliphatic rings. The normalized spacial score (nSPS) is 10.7. The van der Waals surface area contributed by atoms with Crippen molar-refractivity contribution in [3.8, 4) is 0 Å². The first-order chi connectivity index (χ1) is 10.1. The summed E-state index contributed by atoms with van der Waals surface area (Å²) < 4.78 is 0. The highest BCUT2D eigenvalue weighted by molar-refractivity contribution is 6.36. The molecule has 0 spiro atoms. The van der Waals surface area contributed by atoms with Crippen molar-refractivity contribution in [3.63, 3.8) is 0 Å². The molecule has 0 bridgehead atoms. The molecule has 112 valence electrons. The van der Waals surface area contributed by atoms with Crippen LogP contribution >= 0.6 is 23.2 Å². The SMILES string of the molecule is CCNc1nc(Cc2c(Cl)cccc2Cl)nc(CC)c1C. The number of hydrogen-bond acceptors (Lipinski definition) is 3. The van der Waals surface area contributed by atoms with Gasteiger partial charge in [-0.05, 0) is 38.0 Å². The Labute approximate surface area is 135 Å². The number of aryl methyl sites for hydroxylation is 1. The van der Waals surface area contributed by atoms with E-state index in [9.17, 15) is 0 Å². The van der Waals surface area contributed by atoms with Gasteiger partial charge in [0.2, 0.25) is 0 Å². The Balaban J connectivity index is 2.42. The number of rotatable bonds is 5. The summed E-state index contributed by atoms with van der Waals surface area (Å²) in [7, 11) is 0. The lowest BCUT2D eigenvalue weighted by Gasteiger charge is -2.13. The highest BCUT2D eigenvalue weighted by atomic mass is 35.5. The molecule has 0 amide bonds. The van der Waals surface area contributed by atoms with E-state index in [1.165, 1.54) is 0 Å². The van der Waals surface area contributed by atoms with Gasteiger partial charge in [0, 0.05) is 34.3 Å². The number of benzene rings is 1. The van der Waals surface area contributed by atoms with Gasteiger partial charge in [0.25, 0.3) is 0 Å². The van der Waals surface area contributed by atoms with Crippen molar-refractivity contribution < 1.29 is 0 Å². The van der Waals surface area contributed by atoms with Crippen LogP contribution < -0.4 is 5.32 Å². The van der Waals surface area contributed by atoms with Gasteiger partial charge in [-0.1, -0.05) is 36.2 Å². The fourth-order valence-electron chi connectivity index (χ4n) is 2.24. The first-order valence-electron chi connectivity index (χ1n) is 7.09. The van der Waals surface area contributed by atoms with Gasteiger partial charge < -0.3 is 5.32 Å². The van der Waals surface area contributed by atoms with Crippen LogP contribution in [-0.4, -0.2) is 16.5 Å². The molecule has 2 aromatic rings. The quantitative estimate of drug-likeness (QED) is 0.868. The summed E-state index contributed by atoms with van der Waals surface area (Å²) in [5.41, 5.74) is 3.03. The van der Waals surface area contributed by atoms with Crippen molar-refractivity contribution in [2.45, 2.75) is 33.6 Å². The van der Waals surface area contributed by atoms with Crippen molar-refractivity contribution in [2.24, 2.45) is 0 Å². The van der Waals surface area contributed by atoms with Gasteiger partial charge in [-0.15, -0.1) is 0 Å². The van der Waals surface area contributed by atoms with Gasteiger partial charge in [0.15, 0.2) is 0 Å². The van der Waals surface area contributed by atoms with E-state index < -0.39 is 0 Å². The molecule has 0 aliphatic carbocycles. The van der Waals surface area contributed by atoms with E-state index in [2.05, 4.69) is 29.1 Å². The van der Waals surface area contributed by atoms with Crippen LogP contribution in [0.15, 0.2) is 18.2 Å². The molecule has 1 aromatic carbocycles. The molecule has 0 saturated heterocycles. The summed E-state index contributed by atoms with van der Waals surface area (Å²) in [6.45, 7) is 7.02. The largest absolute Gasteiger partial charge is 0.370 e. The zero-order valence-electron chi connectivity index (χ0n) is 12.5. The topological polar surface area (TPSA) is 37.8 Å². The molecule has 2 rings (SSSR count). The summed E-state index contributed by atoms with van der Waals surface area (Å²) in [6.07, 6.45) is 1.40. The number of nitrogens with zero attached hydrogens (tertiary/aromatic N) is 2. The van der Waals surface area contributed by atoms with Crippen LogP contribution in [0.4, 0.5) is 5.82 Å². The molecule has 1 heterocycles. The summed E-state index contributed by atoms with van der Waals surface area (Å²) in [5, 5.41) is 4.58. The molecular formula is C16H19Cl2N3. The van der Waals surface area contributed by atoms with Crippen LogP contribution in [0.3, 0.4) is 0 Å². The van der Waals surface area contributed by atoms with Gasteiger partial charge in [0.1, 0.15) is 11.6 Å². The summed E-state index contributed by atoms with van der Waals surface area (Å²) in [4.78, 5) is 9.25. The number of aromatic nitrogens is 2. The third-order valence-corrected chi connectivity index (χ3v) is 4.08. The fourth-order valence-corrected chi connectivity index (χ4v) is 2.77. The Hall–Kier alpha value is -1.32. The molecular weight excluding hydrogens is 305 g/mol. The zero-order valence-corrected chi connectivity index (χ0v) is 14.0. The molecule has 3 nitrogen and oxygen atoms in total. The lowest BCUT2D eigenvalue weighted by Crippen LogP contribution is -2.10. The van der Waals surface area contributed by atoms with E-state index in [0.717, 1.165) is 41.4 Å². The minimum atomic E-state index is 0.532. The Morgan fingerprint density at radius 3 is 2.33 bits per heavy atom. The Morgan fingerprint density at radius 2 is 1.76 bits per heavy atom. The highest BCUT2D eigenvalue weighted by Crippen LogP contribution is 2.27. The maximum atomic E-state index is 6.23. The van der Waals surface area contributed by atoms with Gasteiger partial charge in [-0.2, -0.15) is 0 Å². The van der Waals surface area contributed by atoms with Gasteiger partial charge in [-0.25, -0.2) is 9.97 Å². The smallest absolute Gasteiger partial charge is 0.135 e. The fraction of sp³-hybridized carbons (Fsp3) is 0.375. The lowest BCUT2D eigenvalue weighted by atomic mass is 10.1. The average molecular weight is 324 g/mol. The lowest BCUT2D eigenvalue weighted by molar-refractivity contribution is 0.887. The maximum absolute atomic E-state index is 6.23. The van der Waals surface area contributed by atoms with E-state index >= 15 is 0 Å². The first-order valence-corrected chi connectivity index (χ1v) is 7.85. The van der Waals surface area contributed by atoms with Crippen LogP contribution in [0.2, 0.25) is 10.0 Å². The molecule has 1 aromatic heterocycles. The molecule has 0 aliphatic heterocycles. The van der Waals surface area contributed by atoms with E-state index in [1.54, 1.807) is 0 Å². The highest BCUT2D eigenvalue weighted by Gasteiger charge is 2.13. The molecule has 0 unspecified atom stereocenters. The number of anilines is 1. The predicted octanol–water partition coefficient (Wildman–Crippen LogP) is 4.68. The average Bonchev–Trinajstić information content (AvgIpc) is 2.46. The first kappa shape index (κ1) is 16.1. The van der Waals surface area contributed by atoms with Crippen molar-refractivity contribution in [3.05, 3.63) is 50.9 Å². The van der Waals surface area contributed by atoms with Gasteiger partial charge >= 0.3 is 0 Å². The monoisotopic (exact) mass is 323 g/mol. The van der Waals surface area contributed by atoms with E-state index in [4.69, 9.17) is 23.2 Å². The molecule has 1 N–H and O–H groups in total. The Kier molecular flexibility index (Phi) is 5.43. The van der Waals surface area contributed by atoms with Gasteiger partial charge in [0.05, 0.1) is 0 Å². The Morgan fingerprint density at radius 1 is 1.10 bits per heavy atom. The van der Waals surface area contributed by atoms with Crippen LogP contribution in [0.5, 0.6) is 0 Å². The maximum Gasteiger partial charge on any atom is 0.135 e. The molecule has 0 saturated carbocycles. The molecule has 0 atom stereocenters. The molecule has 0 fully saturated rings. The summed E-state index contributed by atoms with van der Waals surface area (Å²) >= 11 is 12.5. The second-order valence-electron chi connectivity index (χ2n) is 4.82. The van der Waals surface area contributed by atoms with Crippen LogP contribution in [0, 0.1) is 6.92 Å². The third kappa shape index (κ3) is 3.66. The van der Waals surface area contributed by atoms with Crippen molar-refractivity contribution >= 4 is 29.0 Å². The molecule has 5 heteroatoms. The minimum Gasteiger partial charge on any atom is -0.370 e. The van der Waals surface area contributed by atoms with Crippen LogP contribution in [0.1, 0.15) is 36.5 Å².